The number of amides is 3. The van der Waals surface area contributed by atoms with Gasteiger partial charge in [-0.2, -0.15) is 13.2 Å². The van der Waals surface area contributed by atoms with Gasteiger partial charge in [-0.1, -0.05) is 26.0 Å². The van der Waals surface area contributed by atoms with E-state index in [2.05, 4.69) is 25.9 Å². The number of alkyl halides is 3. The summed E-state index contributed by atoms with van der Waals surface area (Å²) in [5.41, 5.74) is -3.00. The third-order valence-corrected chi connectivity index (χ3v) is 10.7. The number of nitrogens with one attached hydrogen (secondary N) is 3. The molecule has 1 saturated heterocycles. The Morgan fingerprint density at radius 1 is 0.771 bits per heavy atom. The van der Waals surface area contributed by atoms with Crippen LogP contribution in [0.25, 0.3) is 21.8 Å². The Balaban J connectivity index is 1.57. The van der Waals surface area contributed by atoms with Crippen molar-refractivity contribution in [2.45, 2.75) is 41.6 Å². The van der Waals surface area contributed by atoms with Gasteiger partial charge in [0.2, 0.25) is 0 Å². The summed E-state index contributed by atoms with van der Waals surface area (Å²) in [5, 5.41) is 10.9. The number of carbonyl (C=O) groups is 2. The third-order valence-electron chi connectivity index (χ3n) is 9.22. The van der Waals surface area contributed by atoms with Gasteiger partial charge in [0.05, 0.1) is 21.6 Å². The minimum Gasteiger partial charge on any atom is -0.388 e. The first-order chi connectivity index (χ1) is 22.8. The quantitative estimate of drug-likeness (QED) is 0.157. The second-order valence-corrected chi connectivity index (χ2v) is 13.5. The zero-order chi connectivity index (χ0) is 34.6. The van der Waals surface area contributed by atoms with E-state index in [1.54, 1.807) is 38.6 Å². The van der Waals surface area contributed by atoms with E-state index in [0.717, 1.165) is 51.3 Å². The van der Waals surface area contributed by atoms with Crippen molar-refractivity contribution in [2.75, 3.05) is 29.6 Å². The van der Waals surface area contributed by atoms with E-state index in [1.807, 2.05) is 50.2 Å². The number of fused-ring (bicyclic) bond motifs is 2. The van der Waals surface area contributed by atoms with Gasteiger partial charge in [0, 0.05) is 60.5 Å². The molecule has 6 rings (SSSR count). The summed E-state index contributed by atoms with van der Waals surface area (Å²) in [6.45, 7) is 3.67. The lowest BCUT2D eigenvalue weighted by Crippen LogP contribution is -2.55. The van der Waals surface area contributed by atoms with E-state index in [1.165, 1.54) is 0 Å². The number of aromatic nitrogens is 2. The van der Waals surface area contributed by atoms with E-state index in [-0.39, 0.29) is 5.69 Å². The molecule has 2 unspecified atom stereocenters. The van der Waals surface area contributed by atoms with E-state index in [4.69, 9.17) is 0 Å². The highest BCUT2D eigenvalue weighted by atomic mass is 32.2. The van der Waals surface area contributed by atoms with E-state index < -0.39 is 49.6 Å². The average molecular weight is 677 g/mol. The number of pyridine rings is 2. The van der Waals surface area contributed by atoms with E-state index in [9.17, 15) is 31.2 Å². The maximum Gasteiger partial charge on any atom is 0.501 e. The molecule has 2 atom stereocenters. The molecule has 3 amide bonds. The Hall–Kier alpha value is -5.24. The second-order valence-electron chi connectivity index (χ2n) is 11.5. The zero-order valence-corrected chi connectivity index (χ0v) is 27.1. The molecule has 3 N–H and O–H groups in total. The van der Waals surface area contributed by atoms with Gasteiger partial charge < -0.3 is 16.0 Å². The summed E-state index contributed by atoms with van der Waals surface area (Å²) >= 11 is 0. The lowest BCUT2D eigenvalue weighted by atomic mass is 9.68. The predicted molar refractivity (Wildman–Crippen MR) is 178 cm³/mol. The summed E-state index contributed by atoms with van der Waals surface area (Å²) in [6, 6.07) is 17.4. The molecule has 0 radical (unpaired) electrons. The van der Waals surface area contributed by atoms with Gasteiger partial charge in [-0.25, -0.2) is 18.1 Å². The van der Waals surface area contributed by atoms with Crippen LogP contribution in [0.3, 0.4) is 0 Å². The Labute approximate surface area is 274 Å². The number of rotatable bonds is 8. The molecule has 1 aliphatic rings. The monoisotopic (exact) mass is 676 g/mol. The van der Waals surface area contributed by atoms with Gasteiger partial charge in [-0.15, -0.1) is 0 Å². The highest BCUT2D eigenvalue weighted by molar-refractivity contribution is 7.92. The zero-order valence-electron chi connectivity index (χ0n) is 26.3. The molecule has 0 bridgehead atoms. The number of urea groups is 1. The number of carbonyl (C=O) groups excluding carboxylic acids is 2. The third kappa shape index (κ3) is 4.89. The second kappa shape index (κ2) is 11.8. The molecule has 3 heterocycles. The first-order valence-electron chi connectivity index (χ1n) is 15.0. The van der Waals surface area contributed by atoms with Gasteiger partial charge in [0.1, 0.15) is 5.54 Å². The van der Waals surface area contributed by atoms with Crippen molar-refractivity contribution in [3.8, 4) is 0 Å². The number of imide groups is 1. The SMILES string of the molecule is CNc1cccc2nccc(C(C)C3(C(C)c4ccnc5cccc(NC)c45)NC(=O)N(c4ccc(S(=O)(=O)C(F)(F)F)cc4)C3=O)c12. The number of nitrogens with zero attached hydrogens (tertiary/aromatic N) is 3. The molecular formula is C34H31F3N6O4S. The van der Waals surface area contributed by atoms with Gasteiger partial charge in [0.15, 0.2) is 0 Å². The van der Waals surface area contributed by atoms with Crippen LogP contribution in [0.4, 0.5) is 35.0 Å². The van der Waals surface area contributed by atoms with Crippen LogP contribution in [-0.4, -0.2) is 55.5 Å². The molecular weight excluding hydrogens is 645 g/mol. The van der Waals surface area contributed by atoms with Crippen molar-refractivity contribution in [2.24, 2.45) is 0 Å². The van der Waals surface area contributed by atoms with Crippen molar-refractivity contribution in [1.29, 1.82) is 0 Å². The lowest BCUT2D eigenvalue weighted by molar-refractivity contribution is -0.123. The molecule has 0 saturated carbocycles. The number of benzene rings is 3. The van der Waals surface area contributed by atoms with Crippen LogP contribution < -0.4 is 20.9 Å². The Bertz CT molecular complexity index is 2090. The fraction of sp³-hybridized carbons (Fsp3) is 0.235. The number of anilines is 3. The van der Waals surface area contributed by atoms with Gasteiger partial charge in [-0.3, -0.25) is 14.8 Å². The molecule has 0 aliphatic carbocycles. The normalized spacial score (nSPS) is 18.2. The number of sulfone groups is 1. The molecule has 248 valence electrons. The van der Waals surface area contributed by atoms with Crippen molar-refractivity contribution in [3.63, 3.8) is 0 Å². The maximum atomic E-state index is 15.0. The number of halogens is 3. The van der Waals surface area contributed by atoms with Crippen molar-refractivity contribution >= 4 is 60.6 Å². The van der Waals surface area contributed by atoms with Crippen LogP contribution in [0.5, 0.6) is 0 Å². The van der Waals surface area contributed by atoms with Crippen LogP contribution in [0.1, 0.15) is 36.8 Å². The number of hydrogen-bond acceptors (Lipinski definition) is 8. The molecule has 14 heteroatoms. The van der Waals surface area contributed by atoms with Gasteiger partial charge in [0.25, 0.3) is 15.7 Å². The standard InChI is InChI=1S/C34H31F3N6O4S/c1-19(23-15-17-40-27-9-5-7-25(38-3)29(23)27)33(20(2)24-16-18-41-28-10-6-8-26(39-4)30(24)28)31(44)43(32(45)42-33)21-11-13-22(14-12-21)48(46,47)34(35,36)37/h5-20,38-39H,1-4H3,(H,42,45). The van der Waals surface area contributed by atoms with Crippen LogP contribution in [0, 0.1) is 0 Å². The summed E-state index contributed by atoms with van der Waals surface area (Å²) in [5.74, 6) is -2.08. The van der Waals surface area contributed by atoms with Crippen LogP contribution >= 0.6 is 0 Å². The smallest absolute Gasteiger partial charge is 0.388 e. The summed E-state index contributed by atoms with van der Waals surface area (Å²) in [6.07, 6.45) is 3.26. The predicted octanol–water partition coefficient (Wildman–Crippen LogP) is 6.56. The van der Waals surface area contributed by atoms with Crippen molar-refractivity contribution in [3.05, 3.63) is 96.3 Å². The first-order valence-corrected chi connectivity index (χ1v) is 16.4. The fourth-order valence-electron chi connectivity index (χ4n) is 6.76. The Morgan fingerprint density at radius 2 is 1.25 bits per heavy atom. The van der Waals surface area contributed by atoms with Crippen molar-refractivity contribution < 1.29 is 31.2 Å². The van der Waals surface area contributed by atoms with Gasteiger partial charge in [-0.05, 0) is 71.8 Å². The summed E-state index contributed by atoms with van der Waals surface area (Å²) < 4.78 is 63.8. The molecule has 5 aromatic rings. The van der Waals surface area contributed by atoms with E-state index >= 15 is 0 Å². The highest BCUT2D eigenvalue weighted by Crippen LogP contribution is 2.48. The van der Waals surface area contributed by atoms with Crippen LogP contribution in [0.15, 0.2) is 90.1 Å². The Kier molecular flexibility index (Phi) is 8.02. The fourth-order valence-corrected chi connectivity index (χ4v) is 7.52. The molecule has 0 spiro atoms. The molecule has 3 aromatic carbocycles. The van der Waals surface area contributed by atoms with Crippen molar-refractivity contribution in [1.82, 2.24) is 15.3 Å². The molecule has 2 aromatic heterocycles. The van der Waals surface area contributed by atoms with Crippen LogP contribution in [0.2, 0.25) is 0 Å². The van der Waals surface area contributed by atoms with E-state index in [0.29, 0.717) is 22.2 Å². The summed E-state index contributed by atoms with van der Waals surface area (Å²) in [4.78, 5) is 37.8. The topological polar surface area (TPSA) is 133 Å². The Morgan fingerprint density at radius 3 is 1.69 bits per heavy atom. The number of hydrogen-bond donors (Lipinski definition) is 3. The van der Waals surface area contributed by atoms with Gasteiger partial charge >= 0.3 is 11.5 Å². The maximum absolute atomic E-state index is 15.0. The average Bonchev–Trinajstić information content (AvgIpc) is 3.35. The minimum absolute atomic E-state index is 0.0918. The first kappa shape index (κ1) is 32.7. The summed E-state index contributed by atoms with van der Waals surface area (Å²) in [7, 11) is -2.11. The largest absolute Gasteiger partial charge is 0.501 e. The molecule has 1 aliphatic heterocycles. The molecule has 10 nitrogen and oxygen atoms in total. The minimum atomic E-state index is -5.65. The molecule has 48 heavy (non-hydrogen) atoms. The lowest BCUT2D eigenvalue weighted by Gasteiger charge is -2.39. The highest BCUT2D eigenvalue weighted by Gasteiger charge is 2.59. The van der Waals surface area contributed by atoms with Crippen LogP contribution in [-0.2, 0) is 14.6 Å². The molecule has 1 fully saturated rings.